The number of hydrogen-bond acceptors (Lipinski definition) is 5. The Morgan fingerprint density at radius 2 is 0.778 bits per heavy atom. The Bertz CT molecular complexity index is 982. The van der Waals surface area contributed by atoms with Gasteiger partial charge in [0, 0.05) is 12.8 Å². The van der Waals surface area contributed by atoms with E-state index >= 15 is 0 Å². The quantitative estimate of drug-likeness (QED) is 0.0321. The van der Waals surface area contributed by atoms with Crippen LogP contribution in [0.25, 0.3) is 0 Å². The minimum absolute atomic E-state index is 0.0135. The second-order valence-electron chi connectivity index (χ2n) is 19.3. The van der Waals surface area contributed by atoms with Crippen molar-refractivity contribution in [3.8, 4) is 0 Å². The summed E-state index contributed by atoms with van der Waals surface area (Å²) in [4.78, 5) is 24.4. The van der Waals surface area contributed by atoms with Gasteiger partial charge in [0.05, 0.1) is 25.4 Å². The smallest absolute Gasteiger partial charge is 0.305 e. The largest absolute Gasteiger partial charge is 0.466 e. The van der Waals surface area contributed by atoms with E-state index in [2.05, 4.69) is 43.5 Å². The van der Waals surface area contributed by atoms with E-state index in [4.69, 9.17) is 4.74 Å². The van der Waals surface area contributed by atoms with E-state index < -0.39 is 12.1 Å². The van der Waals surface area contributed by atoms with Gasteiger partial charge in [0.1, 0.15) is 0 Å². The first kappa shape index (κ1) is 61.3. The number of carbonyl (C=O) groups is 2. The molecule has 0 bridgehead atoms. The maximum atomic E-state index is 12.5. The van der Waals surface area contributed by atoms with Gasteiger partial charge in [-0.05, 0) is 57.8 Å². The second kappa shape index (κ2) is 53.0. The summed E-state index contributed by atoms with van der Waals surface area (Å²) in [6, 6.07) is -0.548. The topological polar surface area (TPSA) is 95.9 Å². The first-order chi connectivity index (χ1) is 31.0. The summed E-state index contributed by atoms with van der Waals surface area (Å²) >= 11 is 0. The number of amides is 1. The molecule has 0 saturated heterocycles. The summed E-state index contributed by atoms with van der Waals surface area (Å²) < 4.78 is 5.43. The van der Waals surface area contributed by atoms with Gasteiger partial charge in [-0.3, -0.25) is 9.59 Å². The third-order valence-electron chi connectivity index (χ3n) is 13.0. The number of nitrogens with one attached hydrogen (secondary N) is 1. The highest BCUT2D eigenvalue weighted by Crippen LogP contribution is 2.17. The molecule has 0 rings (SSSR count). The van der Waals surface area contributed by atoms with Crippen molar-refractivity contribution >= 4 is 11.9 Å². The molecule has 1 amide bonds. The Labute approximate surface area is 392 Å². The molecule has 2 atom stereocenters. The summed E-state index contributed by atoms with van der Waals surface area (Å²) in [5.74, 6) is -0.0568. The first-order valence-electron chi connectivity index (χ1n) is 28.1. The zero-order valence-corrected chi connectivity index (χ0v) is 42.3. The van der Waals surface area contributed by atoms with Crippen molar-refractivity contribution in [3.05, 3.63) is 24.3 Å². The summed E-state index contributed by atoms with van der Waals surface area (Å²) in [6.07, 6.45) is 63.1. The number of aliphatic hydroxyl groups is 2. The van der Waals surface area contributed by atoms with E-state index in [1.807, 2.05) is 0 Å². The normalized spacial score (nSPS) is 12.8. The molecular weight excluding hydrogens is 779 g/mol. The molecule has 0 saturated carbocycles. The van der Waals surface area contributed by atoms with E-state index in [-0.39, 0.29) is 18.5 Å². The molecule has 2 unspecified atom stereocenters. The predicted molar refractivity (Wildman–Crippen MR) is 273 cm³/mol. The van der Waals surface area contributed by atoms with Crippen LogP contribution in [0.15, 0.2) is 24.3 Å². The van der Waals surface area contributed by atoms with Crippen LogP contribution in [0.2, 0.25) is 0 Å². The van der Waals surface area contributed by atoms with Crippen molar-refractivity contribution in [1.82, 2.24) is 5.32 Å². The van der Waals surface area contributed by atoms with Gasteiger partial charge in [-0.2, -0.15) is 0 Å². The molecule has 0 fully saturated rings. The zero-order chi connectivity index (χ0) is 45.8. The van der Waals surface area contributed by atoms with Crippen LogP contribution < -0.4 is 5.32 Å². The molecule has 0 heterocycles. The lowest BCUT2D eigenvalue weighted by Crippen LogP contribution is -2.45. The zero-order valence-electron chi connectivity index (χ0n) is 42.3. The summed E-state index contributed by atoms with van der Waals surface area (Å²) in [6.45, 7) is 4.92. The van der Waals surface area contributed by atoms with Crippen LogP contribution >= 0.6 is 0 Å². The van der Waals surface area contributed by atoms with E-state index in [0.29, 0.717) is 25.9 Å². The molecular formula is C57H109NO5. The maximum absolute atomic E-state index is 12.5. The van der Waals surface area contributed by atoms with Crippen LogP contribution in [0.4, 0.5) is 0 Å². The van der Waals surface area contributed by atoms with Gasteiger partial charge in [-0.1, -0.05) is 256 Å². The molecule has 6 heteroatoms. The van der Waals surface area contributed by atoms with Gasteiger partial charge >= 0.3 is 5.97 Å². The minimum Gasteiger partial charge on any atom is -0.466 e. The van der Waals surface area contributed by atoms with Gasteiger partial charge in [0.25, 0.3) is 0 Å². The van der Waals surface area contributed by atoms with Crippen molar-refractivity contribution in [2.75, 3.05) is 13.2 Å². The molecule has 0 aliphatic heterocycles. The Balaban J connectivity index is 3.48. The van der Waals surface area contributed by atoms with Crippen molar-refractivity contribution in [2.45, 2.75) is 315 Å². The number of esters is 1. The summed E-state index contributed by atoms with van der Waals surface area (Å²) in [5.41, 5.74) is 0. The van der Waals surface area contributed by atoms with E-state index in [9.17, 15) is 19.8 Å². The lowest BCUT2D eigenvalue weighted by molar-refractivity contribution is -0.143. The van der Waals surface area contributed by atoms with Gasteiger partial charge in [-0.25, -0.2) is 0 Å². The third-order valence-corrected chi connectivity index (χ3v) is 13.0. The highest BCUT2D eigenvalue weighted by Gasteiger charge is 2.20. The average molecular weight is 889 g/mol. The van der Waals surface area contributed by atoms with Gasteiger partial charge in [0.2, 0.25) is 5.91 Å². The highest BCUT2D eigenvalue weighted by molar-refractivity contribution is 5.76. The van der Waals surface area contributed by atoms with Gasteiger partial charge in [-0.15, -0.1) is 0 Å². The first-order valence-corrected chi connectivity index (χ1v) is 28.1. The van der Waals surface area contributed by atoms with Crippen LogP contribution in [-0.2, 0) is 14.3 Å². The van der Waals surface area contributed by atoms with Crippen LogP contribution in [0.1, 0.15) is 303 Å². The predicted octanol–water partition coefficient (Wildman–Crippen LogP) is 17.1. The number of allylic oxidation sites excluding steroid dienone is 4. The fraction of sp³-hybridized carbons (Fsp3) is 0.895. The van der Waals surface area contributed by atoms with Crippen LogP contribution in [0.5, 0.6) is 0 Å². The average Bonchev–Trinajstić information content (AvgIpc) is 3.28. The molecule has 0 radical (unpaired) electrons. The van der Waals surface area contributed by atoms with Crippen molar-refractivity contribution in [3.63, 3.8) is 0 Å². The molecule has 3 N–H and O–H groups in total. The fourth-order valence-corrected chi connectivity index (χ4v) is 8.69. The Kier molecular flexibility index (Phi) is 51.6. The number of ether oxygens (including phenoxy) is 1. The molecule has 0 aromatic carbocycles. The molecule has 0 aromatic heterocycles. The number of carbonyl (C=O) groups excluding carboxylic acids is 2. The molecule has 372 valence electrons. The van der Waals surface area contributed by atoms with Crippen LogP contribution in [0, 0.1) is 0 Å². The summed E-state index contributed by atoms with van der Waals surface area (Å²) in [5, 5.41) is 23.3. The number of aliphatic hydroxyl groups excluding tert-OH is 2. The lowest BCUT2D eigenvalue weighted by Gasteiger charge is -2.22. The summed E-state index contributed by atoms with van der Waals surface area (Å²) in [7, 11) is 0. The lowest BCUT2D eigenvalue weighted by atomic mass is 10.0. The molecule has 6 nitrogen and oxygen atoms in total. The van der Waals surface area contributed by atoms with Crippen LogP contribution in [-0.4, -0.2) is 47.4 Å². The second-order valence-corrected chi connectivity index (χ2v) is 19.3. The van der Waals surface area contributed by atoms with Crippen LogP contribution in [0.3, 0.4) is 0 Å². The third kappa shape index (κ3) is 49.6. The van der Waals surface area contributed by atoms with E-state index in [0.717, 1.165) is 70.6 Å². The van der Waals surface area contributed by atoms with E-state index in [1.54, 1.807) is 0 Å². The van der Waals surface area contributed by atoms with Crippen molar-refractivity contribution in [2.24, 2.45) is 0 Å². The Morgan fingerprint density at radius 3 is 1.17 bits per heavy atom. The fourth-order valence-electron chi connectivity index (χ4n) is 8.69. The molecule has 0 aliphatic carbocycles. The van der Waals surface area contributed by atoms with Gasteiger partial charge < -0.3 is 20.3 Å². The van der Waals surface area contributed by atoms with Gasteiger partial charge in [0.15, 0.2) is 0 Å². The Hall–Kier alpha value is -1.66. The Morgan fingerprint density at radius 1 is 0.444 bits per heavy atom. The maximum Gasteiger partial charge on any atom is 0.305 e. The van der Waals surface area contributed by atoms with Crippen molar-refractivity contribution < 1.29 is 24.5 Å². The molecule has 0 aliphatic rings. The highest BCUT2D eigenvalue weighted by atomic mass is 16.5. The number of unbranched alkanes of at least 4 members (excludes halogenated alkanes) is 38. The molecule has 0 aromatic rings. The molecule has 0 spiro atoms. The SMILES string of the molecule is CCCCCCCCCCCCCCCCCCC(O)C(CO)NC(=O)CCCCCCCCCCCC/C=C\C=C/CCCCCOC(=O)CCCCCCCCCCCCC. The van der Waals surface area contributed by atoms with E-state index in [1.165, 1.54) is 199 Å². The van der Waals surface area contributed by atoms with Crippen molar-refractivity contribution in [1.29, 1.82) is 0 Å². The minimum atomic E-state index is -0.670. The molecule has 63 heavy (non-hydrogen) atoms. The standard InChI is InChI=1S/C57H109NO5/c1-3-5-7-9-11-13-15-16-17-23-26-30-33-37-41-45-49-55(60)54(53-59)58-56(61)50-46-42-38-34-31-27-24-21-19-18-20-22-25-28-32-36-40-44-48-52-63-57(62)51-47-43-39-35-29-14-12-10-8-6-4-2/h22,25,28,32,54-55,59-60H,3-21,23-24,26-27,29-31,33-53H2,1-2H3,(H,58,61)/b25-22-,32-28-. The monoisotopic (exact) mass is 888 g/mol. The number of rotatable bonds is 52. The number of hydrogen-bond donors (Lipinski definition) is 3.